The molecule has 1 atom stereocenters. The summed E-state index contributed by atoms with van der Waals surface area (Å²) in [7, 11) is 1.17. The first-order valence-electron chi connectivity index (χ1n) is 7.15. The van der Waals surface area contributed by atoms with Gasteiger partial charge in [-0.2, -0.15) is 0 Å². The van der Waals surface area contributed by atoms with E-state index in [1.165, 1.54) is 20.1 Å². The van der Waals surface area contributed by atoms with E-state index in [0.717, 1.165) is 0 Å². The lowest BCUT2D eigenvalue weighted by atomic mass is 10.1. The predicted octanol–water partition coefficient (Wildman–Crippen LogP) is 1.40. The minimum Gasteiger partial charge on any atom is -0.466 e. The van der Waals surface area contributed by atoms with Crippen LogP contribution in [0.4, 0.5) is 0 Å². The summed E-state index contributed by atoms with van der Waals surface area (Å²) in [5.41, 5.74) is -1.78. The standard InChI is InChI=1S/C15H24O7/c1-5-20-12(16)10-8-7-9-11-22-15(3,13(17)19-4)14(18)21-6-2/h8,10H,5-7,9,11H2,1-4H3/b10-8+. The Morgan fingerprint density at radius 3 is 2.23 bits per heavy atom. The topological polar surface area (TPSA) is 88.1 Å². The number of carbonyl (C=O) groups is 3. The van der Waals surface area contributed by atoms with Crippen molar-refractivity contribution in [3.63, 3.8) is 0 Å². The third-order valence-corrected chi connectivity index (χ3v) is 2.69. The van der Waals surface area contributed by atoms with Crippen LogP contribution in [0.3, 0.4) is 0 Å². The second-order valence-corrected chi connectivity index (χ2v) is 4.39. The van der Waals surface area contributed by atoms with Gasteiger partial charge in [0, 0.05) is 12.7 Å². The van der Waals surface area contributed by atoms with Crippen molar-refractivity contribution in [2.45, 2.75) is 39.2 Å². The summed E-state index contributed by atoms with van der Waals surface area (Å²) in [5.74, 6) is -2.01. The van der Waals surface area contributed by atoms with Crippen molar-refractivity contribution in [3.8, 4) is 0 Å². The van der Waals surface area contributed by atoms with Crippen molar-refractivity contribution in [1.82, 2.24) is 0 Å². The van der Waals surface area contributed by atoms with Gasteiger partial charge in [-0.15, -0.1) is 0 Å². The number of carbonyl (C=O) groups excluding carboxylic acids is 3. The number of esters is 3. The maximum absolute atomic E-state index is 11.8. The fourth-order valence-electron chi connectivity index (χ4n) is 1.51. The average molecular weight is 316 g/mol. The lowest BCUT2D eigenvalue weighted by molar-refractivity contribution is -0.187. The Bertz CT molecular complexity index is 403. The van der Waals surface area contributed by atoms with Gasteiger partial charge in [0.1, 0.15) is 0 Å². The molecule has 0 bridgehead atoms. The first-order valence-corrected chi connectivity index (χ1v) is 7.15. The molecule has 0 aliphatic rings. The van der Waals surface area contributed by atoms with Gasteiger partial charge < -0.3 is 18.9 Å². The highest BCUT2D eigenvalue weighted by Gasteiger charge is 2.45. The highest BCUT2D eigenvalue weighted by molar-refractivity contribution is 6.03. The highest BCUT2D eigenvalue weighted by atomic mass is 16.6. The van der Waals surface area contributed by atoms with Gasteiger partial charge in [-0.25, -0.2) is 14.4 Å². The fraction of sp³-hybridized carbons (Fsp3) is 0.667. The minimum atomic E-state index is -1.78. The zero-order valence-electron chi connectivity index (χ0n) is 13.5. The van der Waals surface area contributed by atoms with E-state index >= 15 is 0 Å². The van der Waals surface area contributed by atoms with Gasteiger partial charge in [-0.3, -0.25) is 0 Å². The van der Waals surface area contributed by atoms with E-state index in [0.29, 0.717) is 19.4 Å². The predicted molar refractivity (Wildman–Crippen MR) is 78.0 cm³/mol. The molecule has 0 aromatic rings. The van der Waals surface area contributed by atoms with Crippen molar-refractivity contribution in [2.24, 2.45) is 0 Å². The van der Waals surface area contributed by atoms with Gasteiger partial charge in [0.15, 0.2) is 0 Å². The van der Waals surface area contributed by atoms with Crippen molar-refractivity contribution < 1.29 is 33.3 Å². The summed E-state index contributed by atoms with van der Waals surface area (Å²) >= 11 is 0. The molecule has 7 heteroatoms. The fourth-order valence-corrected chi connectivity index (χ4v) is 1.51. The largest absolute Gasteiger partial charge is 0.466 e. The third kappa shape index (κ3) is 6.71. The minimum absolute atomic E-state index is 0.136. The summed E-state index contributed by atoms with van der Waals surface area (Å²) < 4.78 is 19.5. The summed E-state index contributed by atoms with van der Waals surface area (Å²) in [4.78, 5) is 34.6. The molecule has 0 saturated carbocycles. The Labute approximate surface area is 130 Å². The molecule has 0 aromatic carbocycles. The molecular formula is C15H24O7. The molecule has 0 fully saturated rings. The van der Waals surface area contributed by atoms with Crippen molar-refractivity contribution in [1.29, 1.82) is 0 Å². The Morgan fingerprint density at radius 1 is 1.05 bits per heavy atom. The van der Waals surface area contributed by atoms with Crippen LogP contribution >= 0.6 is 0 Å². The Balaban J connectivity index is 4.34. The lowest BCUT2D eigenvalue weighted by Gasteiger charge is -2.24. The molecule has 0 spiro atoms. The molecule has 126 valence electrons. The average Bonchev–Trinajstić information content (AvgIpc) is 2.50. The van der Waals surface area contributed by atoms with Crippen LogP contribution < -0.4 is 0 Å². The van der Waals surface area contributed by atoms with E-state index in [1.807, 2.05) is 0 Å². The van der Waals surface area contributed by atoms with Crippen LogP contribution in [0.1, 0.15) is 33.6 Å². The van der Waals surface area contributed by atoms with Crippen molar-refractivity contribution in [3.05, 3.63) is 12.2 Å². The van der Waals surface area contributed by atoms with E-state index in [1.54, 1.807) is 19.9 Å². The van der Waals surface area contributed by atoms with Gasteiger partial charge in [0.25, 0.3) is 5.60 Å². The van der Waals surface area contributed by atoms with Crippen molar-refractivity contribution >= 4 is 17.9 Å². The van der Waals surface area contributed by atoms with Crippen LogP contribution in [0.2, 0.25) is 0 Å². The van der Waals surface area contributed by atoms with Gasteiger partial charge >= 0.3 is 17.9 Å². The van der Waals surface area contributed by atoms with Crippen LogP contribution in [0, 0.1) is 0 Å². The van der Waals surface area contributed by atoms with E-state index in [9.17, 15) is 14.4 Å². The van der Waals surface area contributed by atoms with Crippen LogP contribution in [-0.4, -0.2) is 50.4 Å². The van der Waals surface area contributed by atoms with E-state index < -0.39 is 23.5 Å². The van der Waals surface area contributed by atoms with Crippen LogP contribution in [0.15, 0.2) is 12.2 Å². The molecule has 0 aromatic heterocycles. The normalized spacial score (nSPS) is 13.5. The summed E-state index contributed by atoms with van der Waals surface area (Å²) in [6.07, 6.45) is 4.02. The molecular weight excluding hydrogens is 292 g/mol. The Morgan fingerprint density at radius 2 is 1.68 bits per heavy atom. The molecule has 0 N–H and O–H groups in total. The van der Waals surface area contributed by atoms with Gasteiger partial charge in [0.05, 0.1) is 20.3 Å². The molecule has 0 saturated heterocycles. The smallest absolute Gasteiger partial charge is 0.349 e. The first-order chi connectivity index (χ1) is 10.4. The zero-order valence-corrected chi connectivity index (χ0v) is 13.5. The highest BCUT2D eigenvalue weighted by Crippen LogP contribution is 2.16. The Kier molecular flexibility index (Phi) is 9.86. The number of unbranched alkanes of at least 4 members (excludes halogenated alkanes) is 1. The van der Waals surface area contributed by atoms with Crippen molar-refractivity contribution in [2.75, 3.05) is 26.9 Å². The Hall–Kier alpha value is -1.89. The zero-order chi connectivity index (χ0) is 17.0. The molecule has 1 unspecified atom stereocenters. The number of hydrogen-bond acceptors (Lipinski definition) is 7. The number of rotatable bonds is 10. The quantitative estimate of drug-likeness (QED) is 0.198. The SMILES string of the molecule is CCOC(=O)/C=C/CCCOC(C)(C(=O)OC)C(=O)OCC. The molecule has 0 aliphatic heterocycles. The first kappa shape index (κ1) is 20.1. The van der Waals surface area contributed by atoms with Gasteiger partial charge in [-0.05, 0) is 33.6 Å². The summed E-state index contributed by atoms with van der Waals surface area (Å²) in [5, 5.41) is 0. The molecule has 7 nitrogen and oxygen atoms in total. The van der Waals surface area contributed by atoms with Crippen LogP contribution in [0.5, 0.6) is 0 Å². The number of hydrogen-bond donors (Lipinski definition) is 0. The number of ether oxygens (including phenoxy) is 4. The molecule has 0 radical (unpaired) electrons. The maximum atomic E-state index is 11.8. The number of allylic oxidation sites excluding steroid dienone is 1. The second-order valence-electron chi connectivity index (χ2n) is 4.39. The summed E-state index contributed by atoms with van der Waals surface area (Å²) in [6, 6.07) is 0. The third-order valence-electron chi connectivity index (χ3n) is 2.69. The van der Waals surface area contributed by atoms with Gasteiger partial charge in [-0.1, -0.05) is 6.08 Å². The monoisotopic (exact) mass is 316 g/mol. The summed E-state index contributed by atoms with van der Waals surface area (Å²) in [6.45, 7) is 5.27. The molecule has 0 rings (SSSR count). The van der Waals surface area contributed by atoms with E-state index in [2.05, 4.69) is 4.74 Å². The van der Waals surface area contributed by atoms with Crippen LogP contribution in [-0.2, 0) is 33.3 Å². The van der Waals surface area contributed by atoms with Crippen LogP contribution in [0.25, 0.3) is 0 Å². The van der Waals surface area contributed by atoms with E-state index in [4.69, 9.17) is 14.2 Å². The molecule has 22 heavy (non-hydrogen) atoms. The molecule has 0 aliphatic carbocycles. The maximum Gasteiger partial charge on any atom is 0.349 e. The lowest BCUT2D eigenvalue weighted by Crippen LogP contribution is -2.48. The van der Waals surface area contributed by atoms with Gasteiger partial charge in [0.2, 0.25) is 0 Å². The van der Waals surface area contributed by atoms with E-state index in [-0.39, 0.29) is 13.2 Å². The second kappa shape index (κ2) is 10.8. The molecule has 0 amide bonds. The number of methoxy groups -OCH3 is 1. The molecule has 0 heterocycles.